The predicted octanol–water partition coefficient (Wildman–Crippen LogP) is 5.31. The van der Waals surface area contributed by atoms with Crippen LogP contribution in [-0.2, 0) is 4.74 Å². The summed E-state index contributed by atoms with van der Waals surface area (Å²) >= 11 is 0. The number of hydrogen-bond acceptors (Lipinski definition) is 8. The van der Waals surface area contributed by atoms with Crippen molar-refractivity contribution in [3.8, 4) is 28.8 Å². The Balaban J connectivity index is 1.21. The number of piperidine rings is 1. The zero-order valence-corrected chi connectivity index (χ0v) is 27.1. The molecule has 1 fully saturated rings. The third-order valence-electron chi connectivity index (χ3n) is 7.74. The maximum Gasteiger partial charge on any atom is 0.407 e. The number of aryl methyl sites for hydroxylation is 1. The number of nitrogens with one attached hydrogen (secondary N) is 2. The Morgan fingerprint density at radius 1 is 1.11 bits per heavy atom. The van der Waals surface area contributed by atoms with Gasteiger partial charge in [-0.2, -0.15) is 0 Å². The smallest absolute Gasteiger partial charge is 0.407 e. The maximum atomic E-state index is 14.8. The predicted molar refractivity (Wildman–Crippen MR) is 178 cm³/mol. The number of likely N-dealkylation sites (tertiary alicyclic amines) is 1. The molecule has 246 valence electrons. The Morgan fingerprint density at radius 2 is 1.89 bits per heavy atom. The molecule has 1 aliphatic rings. The summed E-state index contributed by atoms with van der Waals surface area (Å²) in [4.78, 5) is 36.3. The maximum absolute atomic E-state index is 14.8. The number of carbonyl (C=O) groups is 2. The fourth-order valence-electron chi connectivity index (χ4n) is 5.41. The summed E-state index contributed by atoms with van der Waals surface area (Å²) < 4.78 is 27.3. The molecule has 2 aromatic heterocycles. The number of benzene rings is 2. The van der Waals surface area contributed by atoms with E-state index in [9.17, 15) is 14.0 Å². The molecule has 0 radical (unpaired) electrons. The number of hydrogen-bond donors (Lipinski definition) is 3. The van der Waals surface area contributed by atoms with E-state index >= 15 is 0 Å². The third-order valence-corrected chi connectivity index (χ3v) is 7.74. The van der Waals surface area contributed by atoms with Crippen molar-refractivity contribution in [2.75, 3.05) is 38.1 Å². The number of nitrogens with two attached hydrogens (primary N) is 1. The van der Waals surface area contributed by atoms with Crippen molar-refractivity contribution in [3.63, 3.8) is 0 Å². The van der Waals surface area contributed by atoms with E-state index in [0.717, 1.165) is 24.1 Å². The van der Waals surface area contributed by atoms with Crippen LogP contribution in [0, 0.1) is 30.5 Å². The number of nitrogens with zero attached hydrogens (tertiary/aromatic N) is 4. The number of anilines is 2. The summed E-state index contributed by atoms with van der Waals surface area (Å²) in [6, 6.07) is 10.3. The van der Waals surface area contributed by atoms with Crippen molar-refractivity contribution in [2.24, 2.45) is 11.7 Å². The van der Waals surface area contributed by atoms with E-state index in [-0.39, 0.29) is 30.7 Å². The van der Waals surface area contributed by atoms with Crippen LogP contribution in [0.5, 0.6) is 5.75 Å². The SMILES string of the molecule is Cc1cc(Nc2nccn3c(-c4ccc(OCC#CCN)c(F)c4)cnc23)ccc1C(=O)N1CCC(CNC(=O)OC(C)(C)C)CC1. The van der Waals surface area contributed by atoms with Crippen LogP contribution in [0.3, 0.4) is 0 Å². The normalized spacial score (nSPS) is 13.5. The van der Waals surface area contributed by atoms with Crippen molar-refractivity contribution in [1.29, 1.82) is 0 Å². The molecule has 47 heavy (non-hydrogen) atoms. The first-order valence-electron chi connectivity index (χ1n) is 15.6. The molecule has 1 saturated heterocycles. The number of rotatable bonds is 8. The van der Waals surface area contributed by atoms with Gasteiger partial charge in [0, 0.05) is 48.8 Å². The lowest BCUT2D eigenvalue weighted by Gasteiger charge is -2.32. The topological polar surface area (TPSA) is 136 Å². The van der Waals surface area contributed by atoms with Gasteiger partial charge in [-0.3, -0.25) is 9.20 Å². The third kappa shape index (κ3) is 8.37. The summed E-state index contributed by atoms with van der Waals surface area (Å²) in [7, 11) is 0. The van der Waals surface area contributed by atoms with E-state index in [1.54, 1.807) is 30.7 Å². The number of aromatic nitrogens is 3. The van der Waals surface area contributed by atoms with Crippen LogP contribution in [0.2, 0.25) is 0 Å². The van der Waals surface area contributed by atoms with Gasteiger partial charge in [0.15, 0.2) is 23.0 Å². The molecule has 12 heteroatoms. The molecule has 2 amide bonds. The first-order valence-corrected chi connectivity index (χ1v) is 15.6. The van der Waals surface area contributed by atoms with E-state index in [2.05, 4.69) is 32.4 Å². The lowest BCUT2D eigenvalue weighted by molar-refractivity contribution is 0.0500. The largest absolute Gasteiger partial charge is 0.478 e. The van der Waals surface area contributed by atoms with E-state index in [4.69, 9.17) is 15.2 Å². The summed E-state index contributed by atoms with van der Waals surface area (Å²) in [5.41, 5.74) is 8.88. The van der Waals surface area contributed by atoms with Crippen LogP contribution >= 0.6 is 0 Å². The monoisotopic (exact) mass is 641 g/mol. The Morgan fingerprint density at radius 3 is 2.60 bits per heavy atom. The number of alkyl carbamates (subject to hydrolysis) is 1. The Labute approximate surface area is 273 Å². The molecule has 3 heterocycles. The van der Waals surface area contributed by atoms with Gasteiger partial charge in [-0.05, 0) is 88.4 Å². The molecule has 0 saturated carbocycles. The lowest BCUT2D eigenvalue weighted by atomic mass is 9.96. The summed E-state index contributed by atoms with van der Waals surface area (Å²) in [6.07, 6.45) is 6.25. The van der Waals surface area contributed by atoms with Gasteiger partial charge in [0.1, 0.15) is 12.2 Å². The molecule has 5 rings (SSSR count). The minimum atomic E-state index is -0.539. The summed E-state index contributed by atoms with van der Waals surface area (Å²) in [5, 5.41) is 6.16. The molecule has 11 nitrogen and oxygen atoms in total. The highest BCUT2D eigenvalue weighted by atomic mass is 19.1. The Kier molecular flexibility index (Phi) is 10.3. The summed E-state index contributed by atoms with van der Waals surface area (Å²) in [5.74, 6) is 5.78. The van der Waals surface area contributed by atoms with Crippen LogP contribution in [0.4, 0.5) is 20.7 Å². The average Bonchev–Trinajstić information content (AvgIpc) is 3.47. The number of ether oxygens (including phenoxy) is 2. The molecule has 1 aliphatic heterocycles. The molecule has 4 aromatic rings. The second-order valence-corrected chi connectivity index (χ2v) is 12.4. The number of imidazole rings is 1. The molecule has 0 bridgehead atoms. The van der Waals surface area contributed by atoms with Crippen LogP contribution < -0.4 is 21.1 Å². The van der Waals surface area contributed by atoms with E-state index in [0.29, 0.717) is 47.9 Å². The molecule has 0 unspecified atom stereocenters. The van der Waals surface area contributed by atoms with E-state index < -0.39 is 17.5 Å². The fourth-order valence-corrected chi connectivity index (χ4v) is 5.41. The minimum Gasteiger partial charge on any atom is -0.478 e. The van der Waals surface area contributed by atoms with Gasteiger partial charge in [0.05, 0.1) is 18.4 Å². The van der Waals surface area contributed by atoms with Gasteiger partial charge >= 0.3 is 6.09 Å². The quantitative estimate of drug-likeness (QED) is 0.221. The number of halogens is 1. The molecular formula is C35H40FN7O4. The van der Waals surface area contributed by atoms with Crippen molar-refractivity contribution in [1.82, 2.24) is 24.6 Å². The second kappa shape index (κ2) is 14.5. The minimum absolute atomic E-state index is 0.0159. The highest BCUT2D eigenvalue weighted by Gasteiger charge is 2.26. The van der Waals surface area contributed by atoms with Crippen LogP contribution in [0.1, 0.15) is 49.5 Å². The first kappa shape index (κ1) is 33.2. The molecule has 2 aromatic carbocycles. The van der Waals surface area contributed by atoms with E-state index in [1.165, 1.54) is 6.07 Å². The van der Waals surface area contributed by atoms with Crippen LogP contribution in [0.25, 0.3) is 16.9 Å². The molecule has 0 atom stereocenters. The Bertz CT molecular complexity index is 1810. The van der Waals surface area contributed by atoms with Gasteiger partial charge in [-0.15, -0.1) is 0 Å². The van der Waals surface area contributed by atoms with Gasteiger partial charge in [0.2, 0.25) is 0 Å². The van der Waals surface area contributed by atoms with Gasteiger partial charge in [-0.25, -0.2) is 19.2 Å². The molecule has 0 aliphatic carbocycles. The average molecular weight is 642 g/mol. The number of amides is 2. The van der Waals surface area contributed by atoms with Gasteiger partial charge < -0.3 is 30.7 Å². The van der Waals surface area contributed by atoms with E-state index in [1.807, 2.05) is 55.2 Å². The first-order chi connectivity index (χ1) is 22.5. The van der Waals surface area contributed by atoms with Gasteiger partial charge in [0.25, 0.3) is 5.91 Å². The van der Waals surface area contributed by atoms with Crippen molar-refractivity contribution in [3.05, 3.63) is 71.9 Å². The van der Waals surface area contributed by atoms with Crippen LogP contribution in [0.15, 0.2) is 55.0 Å². The van der Waals surface area contributed by atoms with Crippen molar-refractivity contribution < 1.29 is 23.5 Å². The molecular weight excluding hydrogens is 601 g/mol. The number of fused-ring (bicyclic) bond motifs is 1. The highest BCUT2D eigenvalue weighted by molar-refractivity contribution is 5.96. The van der Waals surface area contributed by atoms with Crippen molar-refractivity contribution in [2.45, 2.75) is 46.1 Å². The number of carbonyl (C=O) groups excluding carboxylic acids is 2. The second-order valence-electron chi connectivity index (χ2n) is 12.4. The van der Waals surface area contributed by atoms with Gasteiger partial charge in [-0.1, -0.05) is 11.8 Å². The lowest BCUT2D eigenvalue weighted by Crippen LogP contribution is -2.42. The molecule has 0 spiro atoms. The molecule has 4 N–H and O–H groups in total. The summed E-state index contributed by atoms with van der Waals surface area (Å²) in [6.45, 7) is 9.44. The fraction of sp³-hybridized carbons (Fsp3) is 0.371. The van der Waals surface area contributed by atoms with Crippen LogP contribution in [-0.4, -0.2) is 69.7 Å². The Hall–Kier alpha value is -5.15. The zero-order chi connectivity index (χ0) is 33.6. The zero-order valence-electron chi connectivity index (χ0n) is 27.1. The standard InChI is InChI=1S/C35H40FN7O4/c1-23-19-26(8-9-27(23)33(44)42-15-11-24(12-16-42)21-40-34(45)47-35(2,3)4)41-31-32-39-22-29(43(32)17-14-38-31)25-7-10-30(28(36)20-25)46-18-6-5-13-37/h7-10,14,17,19-20,22,24H,11-13,15-16,18,21,37H2,1-4H3,(H,38,41)(H,40,45). The van der Waals surface area contributed by atoms with Crippen molar-refractivity contribution >= 4 is 29.2 Å². The highest BCUT2D eigenvalue weighted by Crippen LogP contribution is 2.29.